The summed E-state index contributed by atoms with van der Waals surface area (Å²) in [5.41, 5.74) is 10.6. The molecule has 10 heteroatoms. The lowest BCUT2D eigenvalue weighted by atomic mass is 10.00. The zero-order valence-corrected chi connectivity index (χ0v) is 17.8. The molecular weight excluding hydrogens is 396 g/mol. The minimum atomic E-state index is -0.700. The van der Waals surface area contributed by atoms with Crippen LogP contribution < -0.4 is 27.6 Å². The van der Waals surface area contributed by atoms with Gasteiger partial charge in [-0.05, 0) is 17.5 Å². The standard InChI is InChI=1S/C21H34N8O2/c22-6-8-29-12-17(13-29)26-20(23)9-19(27-24)21(31)25-10-18(30)14-28-7-5-15-3-1-2-4-16(15)11-28/h1-4,9,17-18,27,30H,5-8,10-14,22,24H2,(H2,23,26)(H,25,31)/b19-9-/t18-/m0/s1. The Morgan fingerprint density at radius 1 is 1.29 bits per heavy atom. The molecule has 0 saturated carbocycles. The van der Waals surface area contributed by atoms with Crippen LogP contribution in [0.15, 0.2) is 36.0 Å². The zero-order valence-electron chi connectivity index (χ0n) is 17.8. The number of amides is 1. The number of carbonyl (C=O) groups is 1. The summed E-state index contributed by atoms with van der Waals surface area (Å²) in [5, 5.41) is 24.1. The van der Waals surface area contributed by atoms with Gasteiger partial charge in [0.2, 0.25) is 0 Å². The number of amidine groups is 1. The first-order valence-corrected chi connectivity index (χ1v) is 10.7. The SMILES string of the molecule is N=C(/C=C(\NN)C(=O)NC[C@H](O)CN1CCc2ccccc2C1)NC1CN(CCN)C1. The minimum absolute atomic E-state index is 0.0646. The van der Waals surface area contributed by atoms with Crippen molar-refractivity contribution < 1.29 is 9.90 Å². The molecule has 1 fully saturated rings. The van der Waals surface area contributed by atoms with E-state index in [0.717, 1.165) is 39.1 Å². The van der Waals surface area contributed by atoms with E-state index in [1.807, 2.05) is 12.1 Å². The number of fused-ring (bicyclic) bond motifs is 1. The summed E-state index contributed by atoms with van der Waals surface area (Å²) in [5.74, 6) is 5.11. The first-order valence-electron chi connectivity index (χ1n) is 10.7. The molecule has 2 aliphatic rings. The van der Waals surface area contributed by atoms with E-state index in [1.165, 1.54) is 17.2 Å². The zero-order chi connectivity index (χ0) is 22.2. The number of rotatable bonds is 10. The Balaban J connectivity index is 1.40. The fraction of sp³-hybridized carbons (Fsp3) is 0.524. The fourth-order valence-electron chi connectivity index (χ4n) is 3.98. The molecule has 1 aromatic rings. The van der Waals surface area contributed by atoms with Gasteiger partial charge in [-0.2, -0.15) is 0 Å². The summed E-state index contributed by atoms with van der Waals surface area (Å²) in [6.45, 7) is 5.34. The van der Waals surface area contributed by atoms with E-state index < -0.39 is 12.0 Å². The van der Waals surface area contributed by atoms with Crippen molar-refractivity contribution >= 4 is 11.7 Å². The molecule has 0 unspecified atom stereocenters. The molecule has 31 heavy (non-hydrogen) atoms. The minimum Gasteiger partial charge on any atom is -0.390 e. The van der Waals surface area contributed by atoms with E-state index >= 15 is 0 Å². The normalized spacial score (nSPS) is 18.6. The number of nitrogens with one attached hydrogen (secondary N) is 4. The molecule has 1 amide bonds. The highest BCUT2D eigenvalue weighted by Gasteiger charge is 2.26. The highest BCUT2D eigenvalue weighted by molar-refractivity contribution is 6.01. The van der Waals surface area contributed by atoms with Crippen LogP contribution in [0.1, 0.15) is 11.1 Å². The number of aliphatic hydroxyl groups is 1. The van der Waals surface area contributed by atoms with Gasteiger partial charge >= 0.3 is 0 Å². The Kier molecular flexibility index (Phi) is 8.38. The molecule has 2 aliphatic heterocycles. The van der Waals surface area contributed by atoms with Crippen molar-refractivity contribution in [1.82, 2.24) is 25.9 Å². The smallest absolute Gasteiger partial charge is 0.268 e. The number of aliphatic hydroxyl groups excluding tert-OH is 1. The first kappa shape index (κ1) is 23.2. The second-order valence-electron chi connectivity index (χ2n) is 8.12. The van der Waals surface area contributed by atoms with Crippen molar-refractivity contribution in [2.75, 3.05) is 45.8 Å². The molecule has 1 saturated heterocycles. The van der Waals surface area contributed by atoms with E-state index in [4.69, 9.17) is 17.0 Å². The van der Waals surface area contributed by atoms with Crippen molar-refractivity contribution in [3.63, 3.8) is 0 Å². The van der Waals surface area contributed by atoms with E-state index in [0.29, 0.717) is 13.1 Å². The van der Waals surface area contributed by atoms with Gasteiger partial charge in [-0.15, -0.1) is 0 Å². The topological polar surface area (TPSA) is 156 Å². The number of nitrogens with zero attached hydrogens (tertiary/aromatic N) is 2. The molecule has 1 aromatic carbocycles. The molecule has 9 N–H and O–H groups in total. The van der Waals surface area contributed by atoms with Crippen molar-refractivity contribution in [2.24, 2.45) is 11.6 Å². The number of benzene rings is 1. The van der Waals surface area contributed by atoms with Gasteiger partial charge in [0.25, 0.3) is 5.91 Å². The molecule has 10 nitrogen and oxygen atoms in total. The second kappa shape index (κ2) is 11.2. The largest absolute Gasteiger partial charge is 0.390 e. The average molecular weight is 431 g/mol. The highest BCUT2D eigenvalue weighted by Crippen LogP contribution is 2.18. The van der Waals surface area contributed by atoms with Gasteiger partial charge < -0.3 is 26.9 Å². The quantitative estimate of drug-likeness (QED) is 0.0745. The van der Waals surface area contributed by atoms with Crippen LogP contribution in [-0.4, -0.2) is 84.6 Å². The van der Waals surface area contributed by atoms with Gasteiger partial charge in [0, 0.05) is 58.4 Å². The Morgan fingerprint density at radius 3 is 2.74 bits per heavy atom. The molecule has 0 spiro atoms. The van der Waals surface area contributed by atoms with E-state index in [-0.39, 0.29) is 24.1 Å². The first-order chi connectivity index (χ1) is 15.0. The summed E-state index contributed by atoms with van der Waals surface area (Å²) >= 11 is 0. The maximum Gasteiger partial charge on any atom is 0.268 e. The lowest BCUT2D eigenvalue weighted by molar-refractivity contribution is -0.118. The van der Waals surface area contributed by atoms with Gasteiger partial charge in [0.05, 0.1) is 12.1 Å². The summed E-state index contributed by atoms with van der Waals surface area (Å²) in [6.07, 6.45) is 1.61. The molecule has 0 aliphatic carbocycles. The Morgan fingerprint density at radius 2 is 2.03 bits per heavy atom. The Labute approximate surface area is 183 Å². The molecule has 3 rings (SSSR count). The number of hydrogen-bond acceptors (Lipinski definition) is 8. The average Bonchev–Trinajstić information content (AvgIpc) is 2.74. The van der Waals surface area contributed by atoms with Gasteiger partial charge in [-0.3, -0.25) is 25.8 Å². The molecule has 0 radical (unpaired) electrons. The lowest BCUT2D eigenvalue weighted by Gasteiger charge is -2.39. The summed E-state index contributed by atoms with van der Waals surface area (Å²) in [6, 6.07) is 8.49. The van der Waals surface area contributed by atoms with E-state index in [9.17, 15) is 9.90 Å². The predicted molar refractivity (Wildman–Crippen MR) is 120 cm³/mol. The molecule has 170 valence electrons. The number of hydrazine groups is 1. The summed E-state index contributed by atoms with van der Waals surface area (Å²) in [7, 11) is 0. The highest BCUT2D eigenvalue weighted by atomic mass is 16.3. The number of carbonyl (C=O) groups excluding carboxylic acids is 1. The van der Waals surface area contributed by atoms with Crippen LogP contribution in [0.2, 0.25) is 0 Å². The van der Waals surface area contributed by atoms with Gasteiger partial charge in [-0.25, -0.2) is 0 Å². The molecule has 2 heterocycles. The van der Waals surface area contributed by atoms with Crippen LogP contribution in [0.25, 0.3) is 0 Å². The van der Waals surface area contributed by atoms with Crippen LogP contribution in [0.5, 0.6) is 0 Å². The monoisotopic (exact) mass is 430 g/mol. The molecule has 0 aromatic heterocycles. The molecule has 0 bridgehead atoms. The third kappa shape index (κ3) is 6.74. The van der Waals surface area contributed by atoms with Crippen molar-refractivity contribution in [2.45, 2.75) is 25.1 Å². The number of nitrogens with two attached hydrogens (primary N) is 2. The van der Waals surface area contributed by atoms with Gasteiger partial charge in [0.1, 0.15) is 11.5 Å². The van der Waals surface area contributed by atoms with Crippen molar-refractivity contribution in [3.05, 3.63) is 47.2 Å². The maximum absolute atomic E-state index is 12.4. The van der Waals surface area contributed by atoms with E-state index in [2.05, 4.69) is 38.0 Å². The Bertz CT molecular complexity index is 793. The van der Waals surface area contributed by atoms with E-state index in [1.54, 1.807) is 0 Å². The van der Waals surface area contributed by atoms with Crippen molar-refractivity contribution in [3.8, 4) is 0 Å². The number of β-amino-alcohol motifs (C(OH)–C–C–N with tert-alkyl or cyclic N) is 1. The van der Waals surface area contributed by atoms with Crippen LogP contribution >= 0.6 is 0 Å². The van der Waals surface area contributed by atoms with Crippen LogP contribution in [0.4, 0.5) is 0 Å². The Hall–Kier alpha value is -2.50. The van der Waals surface area contributed by atoms with Crippen LogP contribution in [-0.2, 0) is 17.8 Å². The summed E-state index contributed by atoms with van der Waals surface area (Å²) in [4.78, 5) is 16.8. The second-order valence-corrected chi connectivity index (χ2v) is 8.12. The third-order valence-electron chi connectivity index (χ3n) is 5.63. The van der Waals surface area contributed by atoms with Crippen LogP contribution in [0.3, 0.4) is 0 Å². The maximum atomic E-state index is 12.4. The molecule has 1 atom stereocenters. The predicted octanol–water partition coefficient (Wildman–Crippen LogP) is -1.92. The summed E-state index contributed by atoms with van der Waals surface area (Å²) < 4.78 is 0. The van der Waals surface area contributed by atoms with Crippen molar-refractivity contribution in [1.29, 1.82) is 5.41 Å². The number of hydrogen-bond donors (Lipinski definition) is 7. The van der Waals surface area contributed by atoms with Crippen LogP contribution in [0, 0.1) is 5.41 Å². The third-order valence-corrected chi connectivity index (χ3v) is 5.63. The van der Waals surface area contributed by atoms with Gasteiger partial charge in [0.15, 0.2) is 0 Å². The number of likely N-dealkylation sites (tertiary alicyclic amines) is 1. The molecular formula is C21H34N8O2. The van der Waals surface area contributed by atoms with Gasteiger partial charge in [-0.1, -0.05) is 24.3 Å². The fourth-order valence-corrected chi connectivity index (χ4v) is 3.98. The lowest BCUT2D eigenvalue weighted by Crippen LogP contribution is -2.59.